The van der Waals surface area contributed by atoms with Gasteiger partial charge in [0, 0.05) is 13.7 Å². The van der Waals surface area contributed by atoms with Gasteiger partial charge in [0.15, 0.2) is 0 Å². The van der Waals surface area contributed by atoms with Gasteiger partial charge in [0.1, 0.15) is 6.26 Å². The van der Waals surface area contributed by atoms with E-state index < -0.39 is 0 Å². The van der Waals surface area contributed by atoms with E-state index in [1.165, 1.54) is 12.5 Å². The third-order valence-corrected chi connectivity index (χ3v) is 1.96. The Balaban J connectivity index is 2.47. The van der Waals surface area contributed by atoms with Gasteiger partial charge in [0.25, 0.3) is 5.91 Å². The van der Waals surface area contributed by atoms with Crippen molar-refractivity contribution < 1.29 is 19.1 Å². The lowest BCUT2D eigenvalue weighted by Crippen LogP contribution is -2.38. The molecule has 1 amide bonds. The van der Waals surface area contributed by atoms with Crippen molar-refractivity contribution in [2.75, 3.05) is 20.3 Å². The third kappa shape index (κ3) is 3.73. The van der Waals surface area contributed by atoms with Crippen molar-refractivity contribution in [2.45, 2.75) is 12.5 Å². The Kier molecular flexibility index (Phi) is 4.86. The number of aliphatic hydroxyl groups is 1. The second-order valence-electron chi connectivity index (χ2n) is 3.15. The lowest BCUT2D eigenvalue weighted by molar-refractivity contribution is 0.0878. The van der Waals surface area contributed by atoms with Crippen molar-refractivity contribution in [3.63, 3.8) is 0 Å². The maximum absolute atomic E-state index is 11.6. The Morgan fingerprint density at radius 1 is 1.73 bits per heavy atom. The maximum Gasteiger partial charge on any atom is 0.254 e. The Morgan fingerprint density at radius 2 is 2.53 bits per heavy atom. The van der Waals surface area contributed by atoms with E-state index >= 15 is 0 Å². The first kappa shape index (κ1) is 11.7. The molecular formula is C10H15NO4. The number of methoxy groups -OCH3 is 1. The minimum absolute atomic E-state index is 0.0136. The highest BCUT2D eigenvalue weighted by molar-refractivity contribution is 5.93. The summed E-state index contributed by atoms with van der Waals surface area (Å²) < 4.78 is 9.72. The van der Waals surface area contributed by atoms with E-state index in [4.69, 9.17) is 14.3 Å². The first-order valence-corrected chi connectivity index (χ1v) is 4.70. The number of carbonyl (C=O) groups is 1. The fourth-order valence-corrected chi connectivity index (χ4v) is 1.22. The van der Waals surface area contributed by atoms with E-state index in [2.05, 4.69) is 5.32 Å². The normalized spacial score (nSPS) is 12.4. The molecule has 0 spiro atoms. The van der Waals surface area contributed by atoms with Crippen molar-refractivity contribution in [3.05, 3.63) is 24.2 Å². The van der Waals surface area contributed by atoms with E-state index in [1.54, 1.807) is 13.2 Å². The molecule has 0 aliphatic heterocycles. The molecule has 1 heterocycles. The van der Waals surface area contributed by atoms with Gasteiger partial charge >= 0.3 is 0 Å². The highest BCUT2D eigenvalue weighted by Crippen LogP contribution is 2.01. The van der Waals surface area contributed by atoms with Gasteiger partial charge in [-0.1, -0.05) is 0 Å². The van der Waals surface area contributed by atoms with Crippen LogP contribution < -0.4 is 5.32 Å². The van der Waals surface area contributed by atoms with Gasteiger partial charge in [-0.2, -0.15) is 0 Å². The van der Waals surface area contributed by atoms with Gasteiger partial charge in [-0.25, -0.2) is 0 Å². The number of nitrogens with one attached hydrogen (secondary N) is 1. The van der Waals surface area contributed by atoms with Crippen molar-refractivity contribution >= 4 is 5.91 Å². The van der Waals surface area contributed by atoms with Crippen LogP contribution in [0, 0.1) is 0 Å². The number of carbonyl (C=O) groups excluding carboxylic acids is 1. The molecule has 1 aromatic heterocycles. The van der Waals surface area contributed by atoms with Gasteiger partial charge in [0.2, 0.25) is 0 Å². The topological polar surface area (TPSA) is 71.7 Å². The minimum atomic E-state index is -0.223. The summed E-state index contributed by atoms with van der Waals surface area (Å²) in [5, 5.41) is 11.5. The Labute approximate surface area is 88.0 Å². The standard InChI is InChI=1S/C10H15NO4/c1-14-7-9(2-4-12)11-10(13)8-3-5-15-6-8/h3,5-6,9,12H,2,4,7H2,1H3,(H,11,13). The second kappa shape index (κ2) is 6.21. The lowest BCUT2D eigenvalue weighted by atomic mass is 10.2. The molecular weight excluding hydrogens is 198 g/mol. The minimum Gasteiger partial charge on any atom is -0.472 e. The molecule has 5 nitrogen and oxygen atoms in total. The predicted octanol–water partition coefficient (Wildman–Crippen LogP) is 0.407. The molecule has 0 aliphatic rings. The van der Waals surface area contributed by atoms with Crippen LogP contribution in [0.25, 0.3) is 0 Å². The van der Waals surface area contributed by atoms with E-state index in [-0.39, 0.29) is 18.6 Å². The SMILES string of the molecule is COCC(CCO)NC(=O)c1ccoc1. The van der Waals surface area contributed by atoms with Gasteiger partial charge in [-0.15, -0.1) is 0 Å². The Bertz CT molecular complexity index is 278. The summed E-state index contributed by atoms with van der Waals surface area (Å²) in [5.74, 6) is -0.223. The average Bonchev–Trinajstić information content (AvgIpc) is 2.71. The average molecular weight is 213 g/mol. The van der Waals surface area contributed by atoms with Crippen LogP contribution in [0.1, 0.15) is 16.8 Å². The zero-order valence-electron chi connectivity index (χ0n) is 8.60. The number of ether oxygens (including phenoxy) is 1. The number of amides is 1. The molecule has 15 heavy (non-hydrogen) atoms. The largest absolute Gasteiger partial charge is 0.472 e. The molecule has 0 fully saturated rings. The molecule has 0 aromatic carbocycles. The van der Waals surface area contributed by atoms with E-state index in [0.717, 1.165) is 0 Å². The van der Waals surface area contributed by atoms with Gasteiger partial charge in [0.05, 0.1) is 24.5 Å². The predicted molar refractivity (Wildman–Crippen MR) is 53.5 cm³/mol. The first-order valence-electron chi connectivity index (χ1n) is 4.70. The molecule has 0 radical (unpaired) electrons. The Hall–Kier alpha value is -1.33. The molecule has 0 bridgehead atoms. The van der Waals surface area contributed by atoms with Crippen LogP contribution >= 0.6 is 0 Å². The van der Waals surface area contributed by atoms with Crippen LogP contribution in [0.3, 0.4) is 0 Å². The first-order chi connectivity index (χ1) is 7.27. The summed E-state index contributed by atoms with van der Waals surface area (Å²) in [6.45, 7) is 0.393. The third-order valence-electron chi connectivity index (χ3n) is 1.96. The van der Waals surface area contributed by atoms with Crippen molar-refractivity contribution in [1.82, 2.24) is 5.32 Å². The smallest absolute Gasteiger partial charge is 0.254 e. The molecule has 0 saturated carbocycles. The second-order valence-corrected chi connectivity index (χ2v) is 3.15. The van der Waals surface area contributed by atoms with E-state index in [9.17, 15) is 4.79 Å². The van der Waals surface area contributed by atoms with Crippen molar-refractivity contribution in [3.8, 4) is 0 Å². The summed E-state index contributed by atoms with van der Waals surface area (Å²) in [5.41, 5.74) is 0.467. The van der Waals surface area contributed by atoms with E-state index in [0.29, 0.717) is 18.6 Å². The summed E-state index contributed by atoms with van der Waals surface area (Å²) in [6.07, 6.45) is 3.28. The van der Waals surface area contributed by atoms with Crippen LogP contribution in [0.5, 0.6) is 0 Å². The maximum atomic E-state index is 11.6. The molecule has 1 aromatic rings. The number of hydrogen-bond acceptors (Lipinski definition) is 4. The number of rotatable bonds is 6. The zero-order valence-corrected chi connectivity index (χ0v) is 8.60. The van der Waals surface area contributed by atoms with Gasteiger partial charge in [-0.05, 0) is 12.5 Å². The molecule has 1 atom stereocenters. The fourth-order valence-electron chi connectivity index (χ4n) is 1.22. The van der Waals surface area contributed by atoms with Crippen LogP contribution in [0.4, 0.5) is 0 Å². The van der Waals surface area contributed by atoms with Crippen LogP contribution in [-0.4, -0.2) is 37.4 Å². The molecule has 1 rings (SSSR count). The Morgan fingerprint density at radius 3 is 3.07 bits per heavy atom. The summed E-state index contributed by atoms with van der Waals surface area (Å²) in [4.78, 5) is 11.6. The van der Waals surface area contributed by atoms with Gasteiger partial charge < -0.3 is 19.6 Å². The summed E-state index contributed by atoms with van der Waals surface area (Å²) in [6, 6.07) is 1.40. The van der Waals surface area contributed by atoms with Crippen molar-refractivity contribution in [2.24, 2.45) is 0 Å². The number of furan rings is 1. The summed E-state index contributed by atoms with van der Waals surface area (Å²) in [7, 11) is 1.55. The molecule has 0 aliphatic carbocycles. The van der Waals surface area contributed by atoms with E-state index in [1.807, 2.05) is 0 Å². The molecule has 2 N–H and O–H groups in total. The van der Waals surface area contributed by atoms with Gasteiger partial charge in [-0.3, -0.25) is 4.79 Å². The highest BCUT2D eigenvalue weighted by atomic mass is 16.5. The quantitative estimate of drug-likeness (QED) is 0.717. The molecule has 84 valence electrons. The van der Waals surface area contributed by atoms with Crippen molar-refractivity contribution in [1.29, 1.82) is 0 Å². The monoisotopic (exact) mass is 213 g/mol. The number of hydrogen-bond donors (Lipinski definition) is 2. The molecule has 1 unspecified atom stereocenters. The number of aliphatic hydroxyl groups excluding tert-OH is 1. The zero-order chi connectivity index (χ0) is 11.1. The molecule has 0 saturated heterocycles. The van der Waals surface area contributed by atoms with Crippen LogP contribution in [0.15, 0.2) is 23.0 Å². The van der Waals surface area contributed by atoms with Crippen LogP contribution in [0.2, 0.25) is 0 Å². The molecule has 5 heteroatoms. The highest BCUT2D eigenvalue weighted by Gasteiger charge is 2.13. The lowest BCUT2D eigenvalue weighted by Gasteiger charge is -2.15. The summed E-state index contributed by atoms with van der Waals surface area (Å²) >= 11 is 0. The van der Waals surface area contributed by atoms with Crippen LogP contribution in [-0.2, 0) is 4.74 Å². The fraction of sp³-hybridized carbons (Fsp3) is 0.500.